The van der Waals surface area contributed by atoms with E-state index in [4.69, 9.17) is 33.0 Å². The zero-order valence-corrected chi connectivity index (χ0v) is 45.4. The molecule has 2 amide bonds. The van der Waals surface area contributed by atoms with Crippen LogP contribution in [-0.2, 0) is 39.5 Å². The van der Waals surface area contributed by atoms with Crippen LogP contribution in [0.25, 0.3) is 0 Å². The summed E-state index contributed by atoms with van der Waals surface area (Å²) in [5.74, 6) is 0.124. The molecule has 0 spiro atoms. The van der Waals surface area contributed by atoms with E-state index in [1.165, 1.54) is 0 Å². The van der Waals surface area contributed by atoms with E-state index in [2.05, 4.69) is 62.5 Å². The number of ether oxygens (including phenoxy) is 5. The normalized spacial score (nSPS) is 21.9. The van der Waals surface area contributed by atoms with Crippen molar-refractivity contribution >= 4 is 43.0 Å². The summed E-state index contributed by atoms with van der Waals surface area (Å²) < 4.78 is 42.4. The molecule has 2 heterocycles. The predicted octanol–water partition coefficient (Wildman–Crippen LogP) is 11.4. The Labute approximate surface area is 436 Å². The van der Waals surface area contributed by atoms with Crippen molar-refractivity contribution in [2.75, 3.05) is 18.8 Å². The smallest absolute Gasteiger partial charge is 0.486 e. The van der Waals surface area contributed by atoms with Crippen LogP contribution in [-0.4, -0.2) is 95.6 Å². The molecule has 73 heavy (non-hydrogen) atoms. The zero-order valence-electron chi connectivity index (χ0n) is 44.6. The SMILES string of the molecule is CC(C)(C)OC(=O)N[C@H](CSC(c1ccccc1)(c1ccccc1)c1ccccc1)C(=O)N1CC(Oc2ccc(CCB3O[C@@H]4C[C@@H]5C[C@@H](C5(C)C)[C@]4(C)O3)c(OC(=O)OC(C)(C)C)c2C(=O)OC(C)(C)C)C1. The minimum absolute atomic E-state index is 0.0117. The third-order valence-electron chi connectivity index (χ3n) is 14.5. The van der Waals surface area contributed by atoms with Crippen LogP contribution in [0.1, 0.15) is 129 Å². The van der Waals surface area contributed by atoms with Gasteiger partial charge >= 0.3 is 25.3 Å². The summed E-state index contributed by atoms with van der Waals surface area (Å²) in [6.07, 6.45) is 0.515. The molecule has 4 aromatic carbocycles. The van der Waals surface area contributed by atoms with E-state index in [1.807, 2.05) is 54.6 Å². The van der Waals surface area contributed by atoms with Crippen LogP contribution < -0.4 is 14.8 Å². The quantitative estimate of drug-likeness (QED) is 0.0397. The molecular formula is C58H73BN2O11S. The second kappa shape index (κ2) is 20.7. The molecule has 0 radical (unpaired) electrons. The summed E-state index contributed by atoms with van der Waals surface area (Å²) in [5.41, 5.74) is 0.609. The van der Waals surface area contributed by atoms with E-state index in [0.717, 1.165) is 29.5 Å². The van der Waals surface area contributed by atoms with Gasteiger partial charge in [-0.05, 0) is 140 Å². The van der Waals surface area contributed by atoms with Crippen LogP contribution in [0.3, 0.4) is 0 Å². The molecular weight excluding hydrogens is 944 g/mol. The average molecular weight is 1020 g/mol. The summed E-state index contributed by atoms with van der Waals surface area (Å²) >= 11 is 1.55. The van der Waals surface area contributed by atoms with Crippen molar-refractivity contribution < 1.29 is 52.2 Å². The van der Waals surface area contributed by atoms with Gasteiger partial charge in [0, 0.05) is 5.75 Å². The van der Waals surface area contributed by atoms with Gasteiger partial charge in [-0.1, -0.05) is 111 Å². The first-order valence-electron chi connectivity index (χ1n) is 25.6. The standard InChI is InChI=1S/C58H73BN2O11S/c1-53(2,3)68-50(63)47-44(29-28-37(48(47)67-52(65)70-55(7,8)9)30-31-59-71-46-33-41-32-45(56(41,10)11)57(46,12)72-59)66-42-34-61(35-42)49(62)43(60-51(64)69-54(4,5)6)36-73-58(38-22-16-13-17-23-38,39-24-18-14-19-25-39)40-26-20-15-21-27-40/h13-29,41-43,45-46H,30-36H2,1-12H3,(H,60,64)/t41-,43+,45-,46+,57-/m0/s1. The summed E-state index contributed by atoms with van der Waals surface area (Å²) in [6.45, 7) is 22.8. The lowest BCUT2D eigenvalue weighted by atomic mass is 9.43. The van der Waals surface area contributed by atoms with Crippen LogP contribution in [0.4, 0.5) is 9.59 Å². The van der Waals surface area contributed by atoms with Crippen LogP contribution in [0, 0.1) is 17.3 Å². The van der Waals surface area contributed by atoms with E-state index in [-0.39, 0.29) is 53.3 Å². The molecule has 15 heteroatoms. The van der Waals surface area contributed by atoms with Crippen molar-refractivity contribution in [2.24, 2.45) is 17.3 Å². The van der Waals surface area contributed by atoms with Crippen LogP contribution in [0.2, 0.25) is 6.32 Å². The van der Waals surface area contributed by atoms with Crippen molar-refractivity contribution in [3.05, 3.63) is 131 Å². The fourth-order valence-electron chi connectivity index (χ4n) is 10.9. The minimum atomic E-state index is -1.02. The van der Waals surface area contributed by atoms with Gasteiger partial charge in [0.15, 0.2) is 5.75 Å². The number of carbonyl (C=O) groups excluding carboxylic acids is 4. The van der Waals surface area contributed by atoms with Gasteiger partial charge in [0.1, 0.15) is 40.3 Å². The highest BCUT2D eigenvalue weighted by molar-refractivity contribution is 8.00. The average Bonchev–Trinajstić information content (AvgIpc) is 3.64. The highest BCUT2D eigenvalue weighted by Crippen LogP contribution is 2.66. The first-order valence-corrected chi connectivity index (χ1v) is 26.6. The molecule has 0 unspecified atom stereocenters. The van der Waals surface area contributed by atoms with Gasteiger partial charge in [-0.15, -0.1) is 11.8 Å². The number of likely N-dealkylation sites (tertiary alicyclic amines) is 1. The molecule has 0 aromatic heterocycles. The molecule has 5 aliphatic rings. The van der Waals surface area contributed by atoms with Crippen LogP contribution >= 0.6 is 11.8 Å². The molecule has 5 fully saturated rings. The summed E-state index contributed by atoms with van der Waals surface area (Å²) in [5, 5.41) is 2.91. The number of alkyl carbamates (subject to hydrolysis) is 1. The monoisotopic (exact) mass is 1020 g/mol. The lowest BCUT2D eigenvalue weighted by Gasteiger charge is -2.64. The van der Waals surface area contributed by atoms with Gasteiger partial charge in [0.25, 0.3) is 0 Å². The number of aryl methyl sites for hydroxylation is 1. The number of rotatable bonds is 15. The molecule has 2 bridgehead atoms. The van der Waals surface area contributed by atoms with E-state index < -0.39 is 64.6 Å². The number of nitrogens with zero attached hydrogens (tertiary/aromatic N) is 1. The fourth-order valence-corrected chi connectivity index (χ4v) is 12.5. The molecule has 9 rings (SSSR count). The number of nitrogens with one attached hydrogen (secondary N) is 1. The number of thioether (sulfide) groups is 1. The molecule has 2 saturated heterocycles. The van der Waals surface area contributed by atoms with Crippen molar-refractivity contribution in [3.63, 3.8) is 0 Å². The molecule has 1 N–H and O–H groups in total. The van der Waals surface area contributed by atoms with Gasteiger partial charge in [-0.3, -0.25) is 4.79 Å². The molecule has 5 atom stereocenters. The van der Waals surface area contributed by atoms with Gasteiger partial charge in [0.05, 0.1) is 29.5 Å². The van der Waals surface area contributed by atoms with Crippen molar-refractivity contribution in [1.82, 2.24) is 10.2 Å². The zero-order chi connectivity index (χ0) is 52.7. The largest absolute Gasteiger partial charge is 0.514 e. The van der Waals surface area contributed by atoms with E-state index in [0.29, 0.717) is 30.1 Å². The number of hydrogen-bond donors (Lipinski definition) is 1. The van der Waals surface area contributed by atoms with Crippen LogP contribution in [0.15, 0.2) is 103 Å². The van der Waals surface area contributed by atoms with E-state index in [9.17, 15) is 19.2 Å². The highest BCUT2D eigenvalue weighted by Gasteiger charge is 2.67. The van der Waals surface area contributed by atoms with Crippen molar-refractivity contribution in [3.8, 4) is 11.5 Å². The number of amides is 2. The van der Waals surface area contributed by atoms with Gasteiger partial charge in [-0.25, -0.2) is 14.4 Å². The third kappa shape index (κ3) is 11.9. The number of benzene rings is 4. The van der Waals surface area contributed by atoms with E-state index in [1.54, 1.807) is 91.1 Å². The van der Waals surface area contributed by atoms with Gasteiger partial charge in [-0.2, -0.15) is 0 Å². The molecule has 2 aliphatic heterocycles. The van der Waals surface area contributed by atoms with Crippen LogP contribution in [0.5, 0.6) is 11.5 Å². The topological polar surface area (TPSA) is 148 Å². The molecule has 4 aromatic rings. The predicted molar refractivity (Wildman–Crippen MR) is 283 cm³/mol. The Kier molecular flexibility index (Phi) is 15.2. The van der Waals surface area contributed by atoms with Crippen molar-refractivity contribution in [2.45, 2.75) is 154 Å². The lowest BCUT2D eigenvalue weighted by Crippen LogP contribution is -2.65. The first kappa shape index (κ1) is 53.8. The molecule has 390 valence electrons. The summed E-state index contributed by atoms with van der Waals surface area (Å²) in [7, 11) is -0.502. The molecule has 3 aliphatic carbocycles. The van der Waals surface area contributed by atoms with Gasteiger partial charge < -0.3 is 43.2 Å². The Balaban J connectivity index is 1.06. The highest BCUT2D eigenvalue weighted by atomic mass is 32.2. The number of esters is 1. The molecule has 13 nitrogen and oxygen atoms in total. The maximum Gasteiger partial charge on any atom is 0.514 e. The maximum atomic E-state index is 14.8. The fraction of sp³-hybridized carbons (Fsp3) is 0.517. The van der Waals surface area contributed by atoms with E-state index >= 15 is 0 Å². The second-order valence-corrected chi connectivity index (χ2v) is 24.9. The Hall–Kier alpha value is -5.51. The number of carbonyl (C=O) groups is 4. The Morgan fingerprint density at radius 1 is 0.740 bits per heavy atom. The first-order chi connectivity index (χ1) is 34.3. The molecule has 3 saturated carbocycles. The van der Waals surface area contributed by atoms with Gasteiger partial charge in [0.2, 0.25) is 5.91 Å². The Bertz CT molecular complexity index is 2530. The number of hydrogen-bond acceptors (Lipinski definition) is 12. The minimum Gasteiger partial charge on any atom is -0.486 e. The Morgan fingerprint density at radius 3 is 1.81 bits per heavy atom. The summed E-state index contributed by atoms with van der Waals surface area (Å²) in [6, 6.07) is 32.8. The maximum absolute atomic E-state index is 14.8. The Morgan fingerprint density at radius 2 is 1.29 bits per heavy atom. The lowest BCUT2D eigenvalue weighted by molar-refractivity contribution is -0.199. The van der Waals surface area contributed by atoms with Crippen molar-refractivity contribution in [1.29, 1.82) is 0 Å². The third-order valence-corrected chi connectivity index (χ3v) is 16.1. The second-order valence-electron chi connectivity index (χ2n) is 23.7. The summed E-state index contributed by atoms with van der Waals surface area (Å²) in [4.78, 5) is 57.9.